The van der Waals surface area contributed by atoms with Crippen molar-refractivity contribution in [2.75, 3.05) is 6.26 Å². The van der Waals surface area contributed by atoms with E-state index in [1.165, 1.54) is 4.57 Å². The predicted octanol–water partition coefficient (Wildman–Crippen LogP) is 0.434. The number of carbonyl (C=O) groups excluding carboxylic acids is 1. The van der Waals surface area contributed by atoms with Gasteiger partial charge in [0.15, 0.2) is 15.8 Å². The van der Waals surface area contributed by atoms with Gasteiger partial charge >= 0.3 is 0 Å². The molecule has 1 aromatic heterocycles. The molecule has 0 saturated heterocycles. The topological polar surface area (TPSA) is 121 Å². The summed E-state index contributed by atoms with van der Waals surface area (Å²) in [7, 11) is -3.71. The zero-order chi connectivity index (χ0) is 16.5. The number of nitrogens with zero attached hydrogens (tertiary/aromatic N) is 2. The molecular weight excluding hydrogens is 311 g/mol. The Bertz CT molecular complexity index is 854. The van der Waals surface area contributed by atoms with Gasteiger partial charge in [0, 0.05) is 24.7 Å². The molecule has 0 aliphatic heterocycles. The predicted molar refractivity (Wildman–Crippen MR) is 79.0 cm³/mol. The van der Waals surface area contributed by atoms with Gasteiger partial charge in [-0.25, -0.2) is 12.8 Å². The van der Waals surface area contributed by atoms with Crippen LogP contribution in [0.1, 0.15) is 10.4 Å². The number of rotatable bonds is 3. The number of amides is 1. The second-order valence-electron chi connectivity index (χ2n) is 4.50. The van der Waals surface area contributed by atoms with Crippen molar-refractivity contribution in [1.29, 1.82) is 0 Å². The SMILES string of the molecule is CS(=O)(=O)c1cc(C(=O)N=C(N)N)c(F)cc1-n1cccc1. The quantitative estimate of drug-likeness (QED) is 0.482. The summed E-state index contributed by atoms with van der Waals surface area (Å²) >= 11 is 0. The number of halogens is 1. The van der Waals surface area contributed by atoms with Crippen LogP contribution in [0.15, 0.2) is 46.5 Å². The van der Waals surface area contributed by atoms with Crippen LogP contribution in [0.3, 0.4) is 0 Å². The summed E-state index contributed by atoms with van der Waals surface area (Å²) in [6.07, 6.45) is 4.07. The van der Waals surface area contributed by atoms with Gasteiger partial charge in [0.05, 0.1) is 16.1 Å². The summed E-state index contributed by atoms with van der Waals surface area (Å²) < 4.78 is 39.4. The smallest absolute Gasteiger partial charge is 0.283 e. The van der Waals surface area contributed by atoms with Gasteiger partial charge < -0.3 is 16.0 Å². The summed E-state index contributed by atoms with van der Waals surface area (Å²) in [5.74, 6) is -2.52. The Hall–Kier alpha value is -2.68. The van der Waals surface area contributed by atoms with Crippen molar-refractivity contribution in [2.24, 2.45) is 16.5 Å². The molecule has 2 aromatic rings. The number of hydrogen-bond donors (Lipinski definition) is 2. The van der Waals surface area contributed by atoms with Gasteiger partial charge in [-0.2, -0.15) is 4.99 Å². The Kier molecular flexibility index (Phi) is 4.00. The van der Waals surface area contributed by atoms with Crippen LogP contribution in [-0.4, -0.2) is 31.1 Å². The van der Waals surface area contributed by atoms with Crippen molar-refractivity contribution in [3.8, 4) is 5.69 Å². The van der Waals surface area contributed by atoms with Crippen LogP contribution in [0.4, 0.5) is 4.39 Å². The van der Waals surface area contributed by atoms with Crippen LogP contribution in [-0.2, 0) is 9.84 Å². The minimum atomic E-state index is -3.71. The van der Waals surface area contributed by atoms with E-state index in [9.17, 15) is 17.6 Å². The van der Waals surface area contributed by atoms with Crippen LogP contribution in [0.2, 0.25) is 0 Å². The number of aliphatic imine (C=N–C) groups is 1. The maximum absolute atomic E-state index is 14.1. The van der Waals surface area contributed by atoms with Gasteiger partial charge in [-0.05, 0) is 18.2 Å². The molecule has 0 fully saturated rings. The molecule has 1 amide bonds. The monoisotopic (exact) mass is 324 g/mol. The zero-order valence-electron chi connectivity index (χ0n) is 11.5. The lowest BCUT2D eigenvalue weighted by molar-refractivity contribution is 0.0998. The molecule has 7 nitrogen and oxygen atoms in total. The summed E-state index contributed by atoms with van der Waals surface area (Å²) in [6, 6.07) is 5.19. The van der Waals surface area contributed by atoms with Crippen molar-refractivity contribution in [1.82, 2.24) is 4.57 Å². The first kappa shape index (κ1) is 15.7. The molecule has 2 rings (SSSR count). The number of sulfone groups is 1. The number of guanidine groups is 1. The molecule has 9 heteroatoms. The number of carbonyl (C=O) groups is 1. The van der Waals surface area contributed by atoms with Crippen molar-refractivity contribution >= 4 is 21.7 Å². The van der Waals surface area contributed by atoms with Crippen LogP contribution < -0.4 is 11.5 Å². The maximum atomic E-state index is 14.1. The first-order valence-electron chi connectivity index (χ1n) is 6.01. The van der Waals surface area contributed by atoms with E-state index in [1.807, 2.05) is 0 Å². The van der Waals surface area contributed by atoms with Gasteiger partial charge in [0.25, 0.3) is 5.91 Å². The van der Waals surface area contributed by atoms with E-state index in [4.69, 9.17) is 11.5 Å². The molecule has 0 unspecified atom stereocenters. The molecular formula is C13H13FN4O3S. The molecule has 1 heterocycles. The van der Waals surface area contributed by atoms with Gasteiger partial charge in [-0.3, -0.25) is 4.79 Å². The second-order valence-corrected chi connectivity index (χ2v) is 6.49. The maximum Gasteiger partial charge on any atom is 0.283 e. The fourth-order valence-electron chi connectivity index (χ4n) is 1.88. The van der Waals surface area contributed by atoms with Gasteiger partial charge in [-0.15, -0.1) is 0 Å². The minimum absolute atomic E-state index is 0.0891. The third-order valence-corrected chi connectivity index (χ3v) is 3.92. The molecule has 0 bridgehead atoms. The fraction of sp³-hybridized carbons (Fsp3) is 0.0769. The third-order valence-electron chi connectivity index (χ3n) is 2.79. The molecule has 0 spiro atoms. The lowest BCUT2D eigenvalue weighted by Crippen LogP contribution is -2.24. The summed E-state index contributed by atoms with van der Waals surface area (Å²) in [5.41, 5.74) is 9.71. The average molecular weight is 324 g/mol. The van der Waals surface area contributed by atoms with Crippen molar-refractivity contribution in [3.63, 3.8) is 0 Å². The molecule has 116 valence electrons. The summed E-state index contributed by atoms with van der Waals surface area (Å²) in [4.78, 5) is 14.8. The van der Waals surface area contributed by atoms with Crippen LogP contribution >= 0.6 is 0 Å². The number of nitrogens with two attached hydrogens (primary N) is 2. The van der Waals surface area contributed by atoms with Gasteiger partial charge in [-0.1, -0.05) is 0 Å². The van der Waals surface area contributed by atoms with Crippen molar-refractivity contribution in [2.45, 2.75) is 4.90 Å². The van der Waals surface area contributed by atoms with E-state index >= 15 is 0 Å². The van der Waals surface area contributed by atoms with Crippen molar-refractivity contribution in [3.05, 3.63) is 48.0 Å². The third kappa shape index (κ3) is 3.14. The molecule has 0 aliphatic rings. The lowest BCUT2D eigenvalue weighted by Gasteiger charge is -2.11. The Morgan fingerprint density at radius 3 is 2.32 bits per heavy atom. The van der Waals surface area contributed by atoms with Crippen LogP contribution in [0.5, 0.6) is 0 Å². The van der Waals surface area contributed by atoms with E-state index in [0.717, 1.165) is 18.4 Å². The molecule has 1 aromatic carbocycles. The standard InChI is InChI=1S/C13H13FN4O3S/c1-22(20,21)11-6-8(12(19)17-13(15)16)9(14)7-10(11)18-4-2-3-5-18/h2-7H,1H3,(H4,15,16,17,19). The highest BCUT2D eigenvalue weighted by atomic mass is 32.2. The molecule has 22 heavy (non-hydrogen) atoms. The Balaban J connectivity index is 2.73. The highest BCUT2D eigenvalue weighted by molar-refractivity contribution is 7.90. The number of aromatic nitrogens is 1. The molecule has 0 aliphatic carbocycles. The highest BCUT2D eigenvalue weighted by Crippen LogP contribution is 2.25. The van der Waals surface area contributed by atoms with Crippen molar-refractivity contribution < 1.29 is 17.6 Å². The number of hydrogen-bond acceptors (Lipinski definition) is 3. The normalized spacial score (nSPS) is 11.2. The largest absolute Gasteiger partial charge is 0.370 e. The zero-order valence-corrected chi connectivity index (χ0v) is 12.3. The van der Waals surface area contributed by atoms with Crippen LogP contribution in [0.25, 0.3) is 5.69 Å². The van der Waals surface area contributed by atoms with E-state index in [1.54, 1.807) is 24.5 Å². The molecule has 0 radical (unpaired) electrons. The molecule has 0 saturated carbocycles. The minimum Gasteiger partial charge on any atom is -0.370 e. The van der Waals surface area contributed by atoms with Gasteiger partial charge in [0.1, 0.15) is 5.82 Å². The lowest BCUT2D eigenvalue weighted by atomic mass is 10.1. The first-order chi connectivity index (χ1) is 10.2. The Labute approximate surface area is 126 Å². The number of benzene rings is 1. The van der Waals surface area contributed by atoms with E-state index in [-0.39, 0.29) is 10.6 Å². The van der Waals surface area contributed by atoms with Gasteiger partial charge in [0.2, 0.25) is 0 Å². The first-order valence-corrected chi connectivity index (χ1v) is 7.90. The van der Waals surface area contributed by atoms with E-state index < -0.39 is 33.1 Å². The Morgan fingerprint density at radius 1 is 1.23 bits per heavy atom. The van der Waals surface area contributed by atoms with E-state index in [2.05, 4.69) is 4.99 Å². The average Bonchev–Trinajstić information content (AvgIpc) is 2.89. The second kappa shape index (κ2) is 5.60. The molecule has 4 N–H and O–H groups in total. The fourth-order valence-corrected chi connectivity index (χ4v) is 2.75. The molecule has 0 atom stereocenters. The highest BCUT2D eigenvalue weighted by Gasteiger charge is 2.21. The van der Waals surface area contributed by atoms with Crippen LogP contribution in [0, 0.1) is 5.82 Å². The summed E-state index contributed by atoms with van der Waals surface area (Å²) in [5, 5.41) is 0. The van der Waals surface area contributed by atoms with E-state index in [0.29, 0.717) is 0 Å². The Morgan fingerprint density at radius 2 is 1.82 bits per heavy atom. The summed E-state index contributed by atoms with van der Waals surface area (Å²) in [6.45, 7) is 0.